The second-order valence-electron chi connectivity index (χ2n) is 5.44. The number of amides is 1. The quantitative estimate of drug-likeness (QED) is 0.689. The number of benzene rings is 1. The lowest BCUT2D eigenvalue weighted by Gasteiger charge is -2.07. The van der Waals surface area contributed by atoms with Crippen molar-refractivity contribution in [2.24, 2.45) is 0 Å². The Balaban J connectivity index is 1.80. The van der Waals surface area contributed by atoms with Crippen molar-refractivity contribution in [3.05, 3.63) is 36.1 Å². The summed E-state index contributed by atoms with van der Waals surface area (Å²) in [5.41, 5.74) is 0.726. The van der Waals surface area contributed by atoms with Crippen molar-refractivity contribution in [3.63, 3.8) is 0 Å². The zero-order valence-electron chi connectivity index (χ0n) is 14.3. The van der Waals surface area contributed by atoms with E-state index >= 15 is 0 Å². The SMILES string of the molecule is CCOc1ccc2nc(NC(=O)c3ccc(S(=O)(=O)N(C)C)o3)sc2c1. The topological polar surface area (TPSA) is 102 Å². The summed E-state index contributed by atoms with van der Waals surface area (Å²) in [6.07, 6.45) is 0. The summed E-state index contributed by atoms with van der Waals surface area (Å²) in [5, 5.41) is 2.71. The van der Waals surface area contributed by atoms with Crippen LogP contribution in [0.1, 0.15) is 17.5 Å². The zero-order valence-corrected chi connectivity index (χ0v) is 16.0. The predicted octanol–water partition coefficient (Wildman–Crippen LogP) is 2.79. The van der Waals surface area contributed by atoms with Gasteiger partial charge in [-0.2, -0.15) is 0 Å². The highest BCUT2D eigenvalue weighted by Gasteiger charge is 2.23. The maximum atomic E-state index is 12.3. The molecule has 0 spiro atoms. The minimum Gasteiger partial charge on any atom is -0.494 e. The Labute approximate surface area is 154 Å². The second-order valence-corrected chi connectivity index (χ2v) is 8.56. The summed E-state index contributed by atoms with van der Waals surface area (Å²) < 4.78 is 36.5. The smallest absolute Gasteiger partial charge is 0.293 e. The summed E-state index contributed by atoms with van der Waals surface area (Å²) in [6.45, 7) is 2.46. The van der Waals surface area contributed by atoms with Gasteiger partial charge in [0.25, 0.3) is 15.9 Å². The highest BCUT2D eigenvalue weighted by atomic mass is 32.2. The van der Waals surface area contributed by atoms with Crippen molar-refractivity contribution in [2.75, 3.05) is 26.0 Å². The minimum absolute atomic E-state index is 0.111. The molecule has 0 saturated carbocycles. The molecule has 3 rings (SSSR count). The third kappa shape index (κ3) is 3.57. The largest absolute Gasteiger partial charge is 0.494 e. The van der Waals surface area contributed by atoms with Crippen molar-refractivity contribution in [1.82, 2.24) is 9.29 Å². The molecule has 1 N–H and O–H groups in total. The van der Waals surface area contributed by atoms with E-state index in [0.717, 1.165) is 20.3 Å². The van der Waals surface area contributed by atoms with Crippen LogP contribution in [0, 0.1) is 0 Å². The van der Waals surface area contributed by atoms with Gasteiger partial charge >= 0.3 is 0 Å². The molecule has 8 nitrogen and oxygen atoms in total. The lowest BCUT2D eigenvalue weighted by molar-refractivity contribution is 0.0991. The Hall–Kier alpha value is -2.43. The molecule has 0 atom stereocenters. The van der Waals surface area contributed by atoms with Crippen LogP contribution in [0.4, 0.5) is 5.13 Å². The van der Waals surface area contributed by atoms with Crippen molar-refractivity contribution >= 4 is 42.6 Å². The van der Waals surface area contributed by atoms with Gasteiger partial charge in [0.15, 0.2) is 10.9 Å². The van der Waals surface area contributed by atoms with Crippen LogP contribution >= 0.6 is 11.3 Å². The average molecular weight is 395 g/mol. The van der Waals surface area contributed by atoms with Crippen molar-refractivity contribution in [3.8, 4) is 5.75 Å². The number of furan rings is 1. The third-order valence-corrected chi connectivity index (χ3v) is 6.05. The van der Waals surface area contributed by atoms with E-state index in [4.69, 9.17) is 9.15 Å². The van der Waals surface area contributed by atoms with Crippen LogP contribution < -0.4 is 10.1 Å². The Morgan fingerprint density at radius 2 is 2.08 bits per heavy atom. The molecule has 138 valence electrons. The summed E-state index contributed by atoms with van der Waals surface area (Å²) in [7, 11) is -0.965. The number of nitrogens with one attached hydrogen (secondary N) is 1. The van der Waals surface area contributed by atoms with Crippen LogP contribution in [0.3, 0.4) is 0 Å². The number of carbonyl (C=O) groups is 1. The maximum Gasteiger partial charge on any atom is 0.293 e. The first-order chi connectivity index (χ1) is 12.3. The fourth-order valence-electron chi connectivity index (χ4n) is 2.13. The molecule has 0 saturated heterocycles. The summed E-state index contributed by atoms with van der Waals surface area (Å²) in [6, 6.07) is 8.02. The average Bonchev–Trinajstić information content (AvgIpc) is 3.21. The van der Waals surface area contributed by atoms with Crippen LogP contribution in [0.2, 0.25) is 0 Å². The summed E-state index contributed by atoms with van der Waals surface area (Å²) in [4.78, 5) is 16.6. The van der Waals surface area contributed by atoms with Gasteiger partial charge in [-0.3, -0.25) is 10.1 Å². The molecule has 2 aromatic heterocycles. The fourth-order valence-corrected chi connectivity index (χ4v) is 3.82. The molecule has 3 aromatic rings. The number of ether oxygens (including phenoxy) is 1. The Morgan fingerprint density at radius 3 is 2.77 bits per heavy atom. The first-order valence-corrected chi connectivity index (χ1v) is 9.94. The molecule has 2 heterocycles. The van der Waals surface area contributed by atoms with E-state index in [1.54, 1.807) is 6.07 Å². The number of carbonyl (C=O) groups excluding carboxylic acids is 1. The number of fused-ring (bicyclic) bond motifs is 1. The second kappa shape index (κ2) is 7.06. The van der Waals surface area contributed by atoms with Crippen LogP contribution in [0.5, 0.6) is 5.75 Å². The molecule has 0 aliphatic rings. The van der Waals surface area contributed by atoms with E-state index in [1.807, 2.05) is 19.1 Å². The monoisotopic (exact) mass is 395 g/mol. The van der Waals surface area contributed by atoms with Crippen LogP contribution in [0.25, 0.3) is 10.2 Å². The van der Waals surface area contributed by atoms with E-state index in [9.17, 15) is 13.2 Å². The zero-order chi connectivity index (χ0) is 18.9. The van der Waals surface area contributed by atoms with Gasteiger partial charge in [0.1, 0.15) is 5.75 Å². The van der Waals surface area contributed by atoms with E-state index in [1.165, 1.54) is 37.6 Å². The van der Waals surface area contributed by atoms with Crippen LogP contribution in [-0.4, -0.2) is 44.3 Å². The number of hydrogen-bond acceptors (Lipinski definition) is 7. The number of hydrogen-bond donors (Lipinski definition) is 1. The van der Waals surface area contributed by atoms with Crippen molar-refractivity contribution in [2.45, 2.75) is 12.0 Å². The van der Waals surface area contributed by atoms with Gasteiger partial charge in [0, 0.05) is 14.1 Å². The molecule has 26 heavy (non-hydrogen) atoms. The van der Waals surface area contributed by atoms with Gasteiger partial charge in [-0.1, -0.05) is 11.3 Å². The van der Waals surface area contributed by atoms with E-state index in [-0.39, 0.29) is 10.9 Å². The van der Waals surface area contributed by atoms with Crippen LogP contribution in [-0.2, 0) is 10.0 Å². The van der Waals surface area contributed by atoms with Gasteiger partial charge in [0.05, 0.1) is 16.8 Å². The van der Waals surface area contributed by atoms with Crippen LogP contribution in [0.15, 0.2) is 39.8 Å². The maximum absolute atomic E-state index is 12.3. The number of aromatic nitrogens is 1. The first kappa shape index (κ1) is 18.4. The van der Waals surface area contributed by atoms with Gasteiger partial charge in [-0.05, 0) is 37.3 Å². The molecule has 0 fully saturated rings. The summed E-state index contributed by atoms with van der Waals surface area (Å²) in [5.74, 6) is 0.0417. The standard InChI is InChI=1S/C16H17N3O5S2/c1-4-23-10-5-6-11-13(9-10)25-16(17-11)18-15(20)12-7-8-14(24-12)26(21,22)19(2)3/h5-9H,4H2,1-3H3,(H,17,18,20). The number of rotatable bonds is 6. The van der Waals surface area contributed by atoms with E-state index < -0.39 is 15.9 Å². The van der Waals surface area contributed by atoms with E-state index in [0.29, 0.717) is 11.7 Å². The fraction of sp³-hybridized carbons (Fsp3) is 0.250. The lowest BCUT2D eigenvalue weighted by Crippen LogP contribution is -2.21. The van der Waals surface area contributed by atoms with Gasteiger partial charge in [0.2, 0.25) is 5.09 Å². The molecular formula is C16H17N3O5S2. The summed E-state index contributed by atoms with van der Waals surface area (Å²) >= 11 is 1.29. The predicted molar refractivity (Wildman–Crippen MR) is 98.3 cm³/mol. The Kier molecular flexibility index (Phi) is 4.99. The number of nitrogens with zero attached hydrogens (tertiary/aromatic N) is 2. The third-order valence-electron chi connectivity index (χ3n) is 3.43. The highest BCUT2D eigenvalue weighted by molar-refractivity contribution is 7.88. The van der Waals surface area contributed by atoms with Crippen molar-refractivity contribution < 1.29 is 22.4 Å². The molecular weight excluding hydrogens is 378 g/mol. The number of sulfonamides is 1. The minimum atomic E-state index is -3.73. The Morgan fingerprint density at radius 1 is 1.31 bits per heavy atom. The molecule has 0 aliphatic heterocycles. The van der Waals surface area contributed by atoms with Gasteiger partial charge < -0.3 is 9.15 Å². The molecule has 0 aliphatic carbocycles. The van der Waals surface area contributed by atoms with Gasteiger partial charge in [-0.25, -0.2) is 17.7 Å². The molecule has 1 aromatic carbocycles. The Bertz CT molecular complexity index is 1050. The first-order valence-electron chi connectivity index (χ1n) is 7.68. The molecule has 0 radical (unpaired) electrons. The molecule has 0 unspecified atom stereocenters. The molecule has 10 heteroatoms. The van der Waals surface area contributed by atoms with E-state index in [2.05, 4.69) is 10.3 Å². The van der Waals surface area contributed by atoms with Crippen molar-refractivity contribution in [1.29, 1.82) is 0 Å². The molecule has 1 amide bonds. The lowest BCUT2D eigenvalue weighted by atomic mass is 10.3. The number of anilines is 1. The van der Waals surface area contributed by atoms with Gasteiger partial charge in [-0.15, -0.1) is 0 Å². The normalized spacial score (nSPS) is 11.8. The molecule has 0 bridgehead atoms. The number of thiazole rings is 1. The highest BCUT2D eigenvalue weighted by Crippen LogP contribution is 2.29.